The molecule has 168 valence electrons. The van der Waals surface area contributed by atoms with Crippen LogP contribution < -0.4 is 5.32 Å². The molecule has 8 heteroatoms. The van der Waals surface area contributed by atoms with Gasteiger partial charge in [-0.05, 0) is 42.9 Å². The molecular formula is C25H20F2N2O4. The van der Waals surface area contributed by atoms with Gasteiger partial charge in [-0.25, -0.2) is 8.78 Å². The van der Waals surface area contributed by atoms with Gasteiger partial charge in [0.2, 0.25) is 5.76 Å². The third kappa shape index (κ3) is 3.08. The fourth-order valence-electron chi connectivity index (χ4n) is 4.53. The minimum Gasteiger partial charge on any atom is -0.504 e. The van der Waals surface area contributed by atoms with Gasteiger partial charge in [0, 0.05) is 17.4 Å². The lowest BCUT2D eigenvalue weighted by Crippen LogP contribution is -2.11. The molecule has 2 aliphatic carbocycles. The number of hydrogen-bond acceptors (Lipinski definition) is 5. The van der Waals surface area contributed by atoms with Crippen LogP contribution in [0.5, 0.6) is 0 Å². The van der Waals surface area contributed by atoms with E-state index in [1.165, 1.54) is 0 Å². The van der Waals surface area contributed by atoms with Crippen molar-refractivity contribution in [3.63, 3.8) is 0 Å². The fraction of sp³-hybridized carbons (Fsp3) is 0.280. The zero-order chi connectivity index (χ0) is 22.9. The summed E-state index contributed by atoms with van der Waals surface area (Å²) in [6.45, 7) is 0.0270. The molecule has 2 aromatic carbocycles. The quantitative estimate of drug-likeness (QED) is 0.380. The van der Waals surface area contributed by atoms with Crippen molar-refractivity contribution in [2.45, 2.75) is 37.0 Å². The van der Waals surface area contributed by atoms with Gasteiger partial charge in [-0.1, -0.05) is 29.4 Å². The van der Waals surface area contributed by atoms with Gasteiger partial charge >= 0.3 is 0 Å². The lowest BCUT2D eigenvalue weighted by atomic mass is 9.92. The summed E-state index contributed by atoms with van der Waals surface area (Å²) in [6.07, 6.45) is 3.69. The molecule has 1 aromatic heterocycles. The minimum atomic E-state index is -0.956. The van der Waals surface area contributed by atoms with Crippen LogP contribution in [-0.2, 0) is 10.2 Å². The molecular weight excluding hydrogens is 430 g/mol. The number of halogens is 2. The number of aromatic nitrogens is 1. The number of carbonyl (C=O) groups is 1. The van der Waals surface area contributed by atoms with E-state index in [-0.39, 0.29) is 46.1 Å². The first-order chi connectivity index (χ1) is 15.9. The van der Waals surface area contributed by atoms with E-state index in [4.69, 9.17) is 4.52 Å². The monoisotopic (exact) mass is 450 g/mol. The largest absolute Gasteiger partial charge is 0.504 e. The molecule has 1 aliphatic heterocycles. The van der Waals surface area contributed by atoms with Crippen LogP contribution in [0.15, 0.2) is 40.9 Å². The van der Waals surface area contributed by atoms with Gasteiger partial charge in [-0.2, -0.15) is 0 Å². The van der Waals surface area contributed by atoms with Gasteiger partial charge in [0.1, 0.15) is 11.6 Å². The maximum atomic E-state index is 15.7. The van der Waals surface area contributed by atoms with E-state index >= 15 is 4.39 Å². The third-order valence-electron chi connectivity index (χ3n) is 6.88. The number of anilines is 1. The summed E-state index contributed by atoms with van der Waals surface area (Å²) in [6, 6.07) is 9.31. The van der Waals surface area contributed by atoms with E-state index in [1.54, 1.807) is 30.3 Å². The molecule has 0 radical (unpaired) electrons. The van der Waals surface area contributed by atoms with Crippen molar-refractivity contribution in [2.24, 2.45) is 0 Å². The number of nitrogens with zero attached hydrogens (tertiary/aromatic N) is 1. The zero-order valence-electron chi connectivity index (χ0n) is 17.5. The minimum absolute atomic E-state index is 0.0270. The number of aliphatic hydroxyl groups is 2. The first-order valence-corrected chi connectivity index (χ1v) is 10.9. The van der Waals surface area contributed by atoms with Crippen molar-refractivity contribution >= 4 is 22.9 Å². The molecule has 2 heterocycles. The van der Waals surface area contributed by atoms with Crippen LogP contribution in [0.4, 0.5) is 14.5 Å². The summed E-state index contributed by atoms with van der Waals surface area (Å²) in [5.74, 6) is -2.86. The maximum Gasteiger partial charge on any atom is 0.260 e. The number of rotatable bonds is 5. The van der Waals surface area contributed by atoms with Crippen molar-refractivity contribution in [3.05, 3.63) is 70.6 Å². The van der Waals surface area contributed by atoms with Crippen molar-refractivity contribution in [1.29, 1.82) is 0 Å². The Morgan fingerprint density at radius 3 is 2.52 bits per heavy atom. The SMILES string of the molecule is O=C1Nc2cc(F)c(-c3ccc(C4(CO)CC4)cc3)c(F)c2/C1=C(/O)c1cc(C2CC2)no1. The van der Waals surface area contributed by atoms with Crippen LogP contribution in [0.3, 0.4) is 0 Å². The molecule has 3 N–H and O–H groups in total. The molecule has 6 rings (SSSR count). The Morgan fingerprint density at radius 1 is 1.15 bits per heavy atom. The van der Waals surface area contributed by atoms with Gasteiger partial charge in [-0.3, -0.25) is 4.79 Å². The van der Waals surface area contributed by atoms with Crippen LogP contribution >= 0.6 is 0 Å². The second kappa shape index (κ2) is 6.99. The normalized spacial score (nSPS) is 19.9. The molecule has 0 spiro atoms. The number of fused-ring (bicyclic) bond motifs is 1. The van der Waals surface area contributed by atoms with E-state index < -0.39 is 23.3 Å². The van der Waals surface area contributed by atoms with Crippen molar-refractivity contribution in [2.75, 3.05) is 11.9 Å². The Morgan fingerprint density at radius 2 is 1.88 bits per heavy atom. The van der Waals surface area contributed by atoms with Crippen LogP contribution in [0, 0.1) is 11.6 Å². The highest BCUT2D eigenvalue weighted by Crippen LogP contribution is 2.48. The summed E-state index contributed by atoms with van der Waals surface area (Å²) < 4.78 is 35.8. The maximum absolute atomic E-state index is 15.7. The number of nitrogens with one attached hydrogen (secondary N) is 1. The fourth-order valence-corrected chi connectivity index (χ4v) is 4.53. The number of aliphatic hydroxyl groups excluding tert-OH is 2. The highest BCUT2D eigenvalue weighted by atomic mass is 19.1. The summed E-state index contributed by atoms with van der Waals surface area (Å²) in [5.41, 5.74) is 0.729. The van der Waals surface area contributed by atoms with Gasteiger partial charge in [0.05, 0.1) is 34.7 Å². The van der Waals surface area contributed by atoms with E-state index in [0.29, 0.717) is 11.3 Å². The number of hydrogen-bond donors (Lipinski definition) is 3. The highest BCUT2D eigenvalue weighted by Gasteiger charge is 2.43. The first-order valence-electron chi connectivity index (χ1n) is 10.9. The Balaban J connectivity index is 1.45. The standard InChI is InChI=1S/C25H20F2N2O4/c26-15-9-17-20(21(24(32)28-17)23(31)18-10-16(29-33-18)12-1-2-12)22(27)19(15)13-3-5-14(6-4-13)25(11-30)7-8-25/h3-6,9-10,12,30-31H,1-2,7-8,11H2,(H,28,32)/b23-21-. The number of carbonyl (C=O) groups excluding carboxylic acids is 1. The Kier molecular flexibility index (Phi) is 4.26. The average molecular weight is 450 g/mol. The molecule has 0 bridgehead atoms. The average Bonchev–Trinajstić information content (AvgIpc) is 3.73. The smallest absolute Gasteiger partial charge is 0.260 e. The Labute approximate surface area is 187 Å². The Bertz CT molecular complexity index is 1340. The van der Waals surface area contributed by atoms with E-state index in [9.17, 15) is 19.4 Å². The Hall–Kier alpha value is -3.52. The summed E-state index contributed by atoms with van der Waals surface area (Å²) in [5, 5.41) is 26.7. The second-order valence-corrected chi connectivity index (χ2v) is 9.05. The predicted octanol–water partition coefficient (Wildman–Crippen LogP) is 4.90. The second-order valence-electron chi connectivity index (χ2n) is 9.05. The van der Waals surface area contributed by atoms with Crippen molar-refractivity contribution < 1.29 is 28.3 Å². The molecule has 33 heavy (non-hydrogen) atoms. The zero-order valence-corrected chi connectivity index (χ0v) is 17.5. The van der Waals surface area contributed by atoms with Crippen LogP contribution in [0.25, 0.3) is 22.5 Å². The molecule has 0 atom stereocenters. The number of benzene rings is 2. The molecule has 0 unspecified atom stereocenters. The van der Waals surface area contributed by atoms with Crippen LogP contribution in [-0.4, -0.2) is 27.9 Å². The van der Waals surface area contributed by atoms with Gasteiger partial charge in [0.15, 0.2) is 5.76 Å². The summed E-state index contributed by atoms with van der Waals surface area (Å²) >= 11 is 0. The molecule has 3 aromatic rings. The van der Waals surface area contributed by atoms with Crippen molar-refractivity contribution in [3.8, 4) is 11.1 Å². The van der Waals surface area contributed by atoms with Gasteiger partial charge in [0.25, 0.3) is 5.91 Å². The topological polar surface area (TPSA) is 95.6 Å². The molecule has 3 aliphatic rings. The summed E-state index contributed by atoms with van der Waals surface area (Å²) in [7, 11) is 0. The van der Waals surface area contributed by atoms with Crippen molar-refractivity contribution in [1.82, 2.24) is 5.16 Å². The molecule has 2 fully saturated rings. The first kappa shape index (κ1) is 20.1. The number of amides is 1. The van der Waals surface area contributed by atoms with E-state index in [2.05, 4.69) is 10.5 Å². The highest BCUT2D eigenvalue weighted by molar-refractivity contribution is 6.36. The molecule has 2 saturated carbocycles. The molecule has 0 saturated heterocycles. The van der Waals surface area contributed by atoms with E-state index in [0.717, 1.165) is 37.3 Å². The summed E-state index contributed by atoms with van der Waals surface area (Å²) in [4.78, 5) is 12.6. The van der Waals surface area contributed by atoms with E-state index in [1.807, 2.05) is 0 Å². The van der Waals surface area contributed by atoms with Gasteiger partial charge in [-0.15, -0.1) is 0 Å². The molecule has 1 amide bonds. The van der Waals surface area contributed by atoms with Crippen LogP contribution in [0.1, 0.15) is 54.2 Å². The van der Waals surface area contributed by atoms with Crippen LogP contribution in [0.2, 0.25) is 0 Å². The third-order valence-corrected chi connectivity index (χ3v) is 6.88. The lowest BCUT2D eigenvalue weighted by Gasteiger charge is -2.14. The lowest BCUT2D eigenvalue weighted by molar-refractivity contribution is -0.110. The predicted molar refractivity (Wildman–Crippen MR) is 116 cm³/mol. The molecule has 6 nitrogen and oxygen atoms in total. The van der Waals surface area contributed by atoms with Gasteiger partial charge < -0.3 is 20.1 Å².